The number of anilines is 1. The molecule has 0 aromatic heterocycles. The van der Waals surface area contributed by atoms with Crippen LogP contribution in [0.3, 0.4) is 0 Å². The van der Waals surface area contributed by atoms with Gasteiger partial charge in [-0.1, -0.05) is 12.2 Å². The van der Waals surface area contributed by atoms with E-state index in [1.807, 2.05) is 0 Å². The van der Waals surface area contributed by atoms with E-state index in [0.29, 0.717) is 11.1 Å². The molecule has 0 radical (unpaired) electrons. The van der Waals surface area contributed by atoms with Crippen LogP contribution in [0.2, 0.25) is 0 Å². The number of hydrogen-bond donors (Lipinski definition) is 1. The van der Waals surface area contributed by atoms with Gasteiger partial charge >= 0.3 is 0 Å². The molecule has 0 amide bonds. The van der Waals surface area contributed by atoms with Gasteiger partial charge in [-0.15, -0.1) is 0 Å². The lowest BCUT2D eigenvalue weighted by molar-refractivity contribution is -0.385. The molecule has 2 rings (SSSR count). The molecule has 2 aromatic rings. The molecule has 2 aromatic carbocycles. The number of nitro benzene ring substituents is 1. The van der Waals surface area contributed by atoms with Gasteiger partial charge in [-0.2, -0.15) is 0 Å². The number of benzene rings is 2. The Hall–Kier alpha value is -2.41. The van der Waals surface area contributed by atoms with E-state index in [0.717, 1.165) is 12.1 Å². The van der Waals surface area contributed by atoms with Crippen LogP contribution in [0.5, 0.6) is 0 Å². The fourth-order valence-electron chi connectivity index (χ4n) is 1.79. The van der Waals surface area contributed by atoms with E-state index in [1.54, 1.807) is 6.92 Å². The van der Waals surface area contributed by atoms with Crippen molar-refractivity contribution >= 4 is 28.6 Å². The van der Waals surface area contributed by atoms with Crippen molar-refractivity contribution in [2.24, 2.45) is 0 Å². The van der Waals surface area contributed by atoms with Gasteiger partial charge in [-0.05, 0) is 31.2 Å². The third kappa shape index (κ3) is 3.38. The molecule has 0 atom stereocenters. The van der Waals surface area contributed by atoms with Crippen molar-refractivity contribution in [1.82, 2.24) is 0 Å². The van der Waals surface area contributed by atoms with Gasteiger partial charge in [0, 0.05) is 23.3 Å². The third-order valence-corrected chi connectivity index (χ3v) is 3.17. The number of nitrogens with one attached hydrogen (secondary N) is 1. The van der Waals surface area contributed by atoms with Crippen molar-refractivity contribution in [2.45, 2.75) is 6.92 Å². The van der Waals surface area contributed by atoms with Crippen LogP contribution < -0.4 is 5.32 Å². The second kappa shape index (κ2) is 5.92. The summed E-state index contributed by atoms with van der Waals surface area (Å²) in [6.07, 6.45) is 0. The minimum atomic E-state index is -0.768. The monoisotopic (exact) mass is 308 g/mol. The van der Waals surface area contributed by atoms with Crippen molar-refractivity contribution in [3.8, 4) is 0 Å². The van der Waals surface area contributed by atoms with Crippen molar-refractivity contribution in [3.05, 3.63) is 69.3 Å². The van der Waals surface area contributed by atoms with Gasteiger partial charge in [-0.3, -0.25) is 10.1 Å². The van der Waals surface area contributed by atoms with E-state index in [1.165, 1.54) is 24.3 Å². The molecular weight excluding hydrogens is 298 g/mol. The first kappa shape index (κ1) is 15.0. The van der Waals surface area contributed by atoms with Gasteiger partial charge in [0.05, 0.1) is 10.6 Å². The SMILES string of the molecule is Cc1cc(C(=S)Nc2ccc(F)cc2F)ccc1[N+](=O)[O-]. The zero-order valence-electron chi connectivity index (χ0n) is 10.9. The first-order chi connectivity index (χ1) is 9.88. The van der Waals surface area contributed by atoms with Crippen LogP contribution >= 0.6 is 12.2 Å². The molecular formula is C14H10F2N2O2S. The molecule has 4 nitrogen and oxygen atoms in total. The smallest absolute Gasteiger partial charge is 0.272 e. The Bertz CT molecular complexity index is 735. The molecule has 1 N–H and O–H groups in total. The predicted molar refractivity (Wildman–Crippen MR) is 79.5 cm³/mol. The Balaban J connectivity index is 2.24. The summed E-state index contributed by atoms with van der Waals surface area (Å²) < 4.78 is 26.3. The number of thiocarbonyl (C=S) groups is 1. The highest BCUT2D eigenvalue weighted by Crippen LogP contribution is 2.21. The van der Waals surface area contributed by atoms with Gasteiger partial charge in [0.2, 0.25) is 0 Å². The highest BCUT2D eigenvalue weighted by atomic mass is 32.1. The molecule has 0 heterocycles. The number of rotatable bonds is 3. The molecule has 0 bridgehead atoms. The van der Waals surface area contributed by atoms with Gasteiger partial charge in [0.1, 0.15) is 16.6 Å². The summed E-state index contributed by atoms with van der Waals surface area (Å²) in [6.45, 7) is 1.59. The quantitative estimate of drug-likeness (QED) is 0.529. The highest BCUT2D eigenvalue weighted by molar-refractivity contribution is 7.81. The number of aryl methyl sites for hydroxylation is 1. The van der Waals surface area contributed by atoms with E-state index in [9.17, 15) is 18.9 Å². The maximum atomic E-state index is 13.5. The summed E-state index contributed by atoms with van der Waals surface area (Å²) in [5, 5.41) is 13.4. The molecule has 108 valence electrons. The standard InChI is InChI=1S/C14H10F2N2O2S/c1-8-6-9(2-5-13(8)18(19)20)14(21)17-12-4-3-10(15)7-11(12)16/h2-7H,1H3,(H,17,21). The maximum Gasteiger partial charge on any atom is 0.272 e. The van der Waals surface area contributed by atoms with E-state index >= 15 is 0 Å². The van der Waals surface area contributed by atoms with Crippen LogP contribution in [0.1, 0.15) is 11.1 Å². The van der Waals surface area contributed by atoms with Crippen LogP contribution in [0.25, 0.3) is 0 Å². The average Bonchev–Trinajstić information content (AvgIpc) is 2.41. The number of nitro groups is 1. The Morgan fingerprint density at radius 1 is 1.24 bits per heavy atom. The zero-order valence-corrected chi connectivity index (χ0v) is 11.7. The molecule has 0 aliphatic carbocycles. The molecule has 0 unspecified atom stereocenters. The lowest BCUT2D eigenvalue weighted by atomic mass is 10.1. The molecule has 0 aliphatic heterocycles. The van der Waals surface area contributed by atoms with Crippen molar-refractivity contribution < 1.29 is 13.7 Å². The minimum Gasteiger partial charge on any atom is -0.344 e. The molecule has 0 spiro atoms. The first-order valence-electron chi connectivity index (χ1n) is 5.90. The Kier molecular flexibility index (Phi) is 4.23. The molecule has 0 fully saturated rings. The Labute approximate surface area is 124 Å². The van der Waals surface area contributed by atoms with E-state index < -0.39 is 16.6 Å². The minimum absolute atomic E-state index is 0.0190. The molecule has 7 heteroatoms. The second-order valence-electron chi connectivity index (χ2n) is 4.34. The zero-order chi connectivity index (χ0) is 15.6. The van der Waals surface area contributed by atoms with Crippen molar-refractivity contribution in [2.75, 3.05) is 5.32 Å². The van der Waals surface area contributed by atoms with Gasteiger partial charge < -0.3 is 5.32 Å². The van der Waals surface area contributed by atoms with Crippen LogP contribution in [-0.4, -0.2) is 9.91 Å². The van der Waals surface area contributed by atoms with Crippen LogP contribution in [-0.2, 0) is 0 Å². The van der Waals surface area contributed by atoms with E-state index in [-0.39, 0.29) is 16.4 Å². The maximum absolute atomic E-state index is 13.5. The normalized spacial score (nSPS) is 10.2. The molecule has 0 saturated carbocycles. The lowest BCUT2D eigenvalue weighted by Gasteiger charge is -2.10. The predicted octanol–water partition coefficient (Wildman–Crippen LogP) is 3.97. The number of hydrogen-bond acceptors (Lipinski definition) is 3. The summed E-state index contributed by atoms with van der Waals surface area (Å²) in [7, 11) is 0. The van der Waals surface area contributed by atoms with Gasteiger partial charge in [0.15, 0.2) is 0 Å². The Morgan fingerprint density at radius 2 is 1.95 bits per heavy atom. The summed E-state index contributed by atoms with van der Waals surface area (Å²) in [4.78, 5) is 10.4. The Morgan fingerprint density at radius 3 is 2.52 bits per heavy atom. The van der Waals surface area contributed by atoms with E-state index in [2.05, 4.69) is 5.32 Å². The van der Waals surface area contributed by atoms with Gasteiger partial charge in [0.25, 0.3) is 5.69 Å². The highest BCUT2D eigenvalue weighted by Gasteiger charge is 2.13. The fraction of sp³-hybridized carbons (Fsp3) is 0.0714. The van der Waals surface area contributed by atoms with E-state index in [4.69, 9.17) is 12.2 Å². The molecule has 0 aliphatic rings. The van der Waals surface area contributed by atoms with Gasteiger partial charge in [-0.25, -0.2) is 8.78 Å². The summed E-state index contributed by atoms with van der Waals surface area (Å²) >= 11 is 5.12. The summed E-state index contributed by atoms with van der Waals surface area (Å²) in [5.41, 5.74) is 0.977. The first-order valence-corrected chi connectivity index (χ1v) is 6.31. The van der Waals surface area contributed by atoms with Crippen molar-refractivity contribution in [3.63, 3.8) is 0 Å². The second-order valence-corrected chi connectivity index (χ2v) is 4.74. The lowest BCUT2D eigenvalue weighted by Crippen LogP contribution is -2.12. The number of halogens is 2. The molecule has 21 heavy (non-hydrogen) atoms. The van der Waals surface area contributed by atoms with Crippen LogP contribution in [0.4, 0.5) is 20.2 Å². The largest absolute Gasteiger partial charge is 0.344 e. The van der Waals surface area contributed by atoms with Crippen LogP contribution in [0, 0.1) is 28.7 Å². The topological polar surface area (TPSA) is 55.2 Å². The fourth-order valence-corrected chi connectivity index (χ4v) is 2.02. The summed E-state index contributed by atoms with van der Waals surface area (Å²) in [5.74, 6) is -1.45. The average molecular weight is 308 g/mol. The third-order valence-electron chi connectivity index (χ3n) is 2.84. The van der Waals surface area contributed by atoms with Crippen LogP contribution in [0.15, 0.2) is 36.4 Å². The number of nitrogens with zero attached hydrogens (tertiary/aromatic N) is 1. The van der Waals surface area contributed by atoms with Crippen molar-refractivity contribution in [1.29, 1.82) is 0 Å². The molecule has 0 saturated heterocycles. The summed E-state index contributed by atoms with van der Waals surface area (Å²) in [6, 6.07) is 7.42.